The van der Waals surface area contributed by atoms with Crippen LogP contribution in [-0.2, 0) is 0 Å². The van der Waals surface area contributed by atoms with Crippen LogP contribution in [0.4, 0.5) is 0 Å². The highest BCUT2D eigenvalue weighted by Gasteiger charge is 2.29. The van der Waals surface area contributed by atoms with E-state index in [0.29, 0.717) is 6.04 Å². The third-order valence-electron chi connectivity index (χ3n) is 3.10. The molecule has 0 amide bonds. The topological polar surface area (TPSA) is 30.3 Å². The Kier molecular flexibility index (Phi) is 4.37. The predicted molar refractivity (Wildman–Crippen MR) is 57.9 cm³/mol. The zero-order valence-electron chi connectivity index (χ0n) is 9.53. The summed E-state index contributed by atoms with van der Waals surface area (Å²) in [6.07, 6.45) is 2.26. The number of likely N-dealkylation sites (tertiary alicyclic amines) is 1. The molecule has 1 aliphatic heterocycles. The summed E-state index contributed by atoms with van der Waals surface area (Å²) in [7, 11) is 4.21. The van der Waals surface area contributed by atoms with Crippen LogP contribution in [0.3, 0.4) is 0 Å². The second-order valence-electron chi connectivity index (χ2n) is 4.46. The van der Waals surface area contributed by atoms with Gasteiger partial charge in [-0.3, -0.25) is 4.90 Å². The fraction of sp³-hybridized carbons (Fsp3) is 0.909. The lowest BCUT2D eigenvalue weighted by Gasteiger charge is -2.22. The van der Waals surface area contributed by atoms with E-state index in [9.17, 15) is 0 Å². The van der Waals surface area contributed by atoms with Gasteiger partial charge in [-0.25, -0.2) is 0 Å². The van der Waals surface area contributed by atoms with Crippen molar-refractivity contribution in [3.8, 4) is 6.07 Å². The van der Waals surface area contributed by atoms with Crippen molar-refractivity contribution in [1.82, 2.24) is 9.80 Å². The van der Waals surface area contributed by atoms with E-state index in [2.05, 4.69) is 36.9 Å². The van der Waals surface area contributed by atoms with Gasteiger partial charge < -0.3 is 4.90 Å². The van der Waals surface area contributed by atoms with Crippen molar-refractivity contribution < 1.29 is 0 Å². The summed E-state index contributed by atoms with van der Waals surface area (Å²) in [5, 5.41) is 8.88. The van der Waals surface area contributed by atoms with Crippen LogP contribution in [0, 0.1) is 17.2 Å². The zero-order valence-corrected chi connectivity index (χ0v) is 9.53. The summed E-state index contributed by atoms with van der Waals surface area (Å²) < 4.78 is 0. The van der Waals surface area contributed by atoms with Crippen molar-refractivity contribution in [1.29, 1.82) is 5.26 Å². The molecule has 0 aliphatic carbocycles. The summed E-state index contributed by atoms with van der Waals surface area (Å²) >= 11 is 0. The molecule has 0 saturated carbocycles. The zero-order chi connectivity index (χ0) is 10.6. The molecule has 2 atom stereocenters. The van der Waals surface area contributed by atoms with E-state index >= 15 is 0 Å². The maximum Gasteiger partial charge on any atom is 0.0672 e. The summed E-state index contributed by atoms with van der Waals surface area (Å²) in [5.41, 5.74) is 0. The number of hydrogen-bond donors (Lipinski definition) is 0. The average Bonchev–Trinajstić information content (AvgIpc) is 2.47. The maximum absolute atomic E-state index is 8.88. The van der Waals surface area contributed by atoms with Crippen LogP contribution in [-0.4, -0.2) is 49.6 Å². The van der Waals surface area contributed by atoms with Gasteiger partial charge in [0.05, 0.1) is 12.0 Å². The molecular formula is C11H21N3. The Hall–Kier alpha value is -0.590. The van der Waals surface area contributed by atoms with Gasteiger partial charge in [0.25, 0.3) is 0 Å². The molecule has 3 heteroatoms. The third kappa shape index (κ3) is 2.97. The first-order chi connectivity index (χ1) is 6.65. The smallest absolute Gasteiger partial charge is 0.0672 e. The molecule has 1 saturated heterocycles. The molecular weight excluding hydrogens is 174 g/mol. The summed E-state index contributed by atoms with van der Waals surface area (Å²) in [6, 6.07) is 2.85. The highest BCUT2D eigenvalue weighted by molar-refractivity contribution is 4.96. The van der Waals surface area contributed by atoms with Crippen molar-refractivity contribution in [3.05, 3.63) is 0 Å². The number of nitriles is 1. The first-order valence-electron chi connectivity index (χ1n) is 5.43. The number of rotatable bonds is 4. The minimum absolute atomic E-state index is 0.259. The average molecular weight is 195 g/mol. The van der Waals surface area contributed by atoms with E-state index in [0.717, 1.165) is 26.1 Å². The molecule has 0 radical (unpaired) electrons. The summed E-state index contributed by atoms with van der Waals surface area (Å²) in [5.74, 6) is 0.259. The quantitative estimate of drug-likeness (QED) is 0.674. The lowest BCUT2D eigenvalue weighted by Crippen LogP contribution is -2.32. The van der Waals surface area contributed by atoms with E-state index in [1.807, 2.05) is 0 Å². The number of hydrogen-bond acceptors (Lipinski definition) is 3. The second kappa shape index (κ2) is 5.33. The third-order valence-corrected chi connectivity index (χ3v) is 3.10. The Balaban J connectivity index is 2.24. The van der Waals surface area contributed by atoms with Gasteiger partial charge in [0.1, 0.15) is 0 Å². The van der Waals surface area contributed by atoms with Crippen molar-refractivity contribution in [2.75, 3.05) is 33.7 Å². The molecule has 0 spiro atoms. The Morgan fingerprint density at radius 3 is 2.71 bits per heavy atom. The van der Waals surface area contributed by atoms with Crippen molar-refractivity contribution in [2.45, 2.75) is 25.8 Å². The summed E-state index contributed by atoms with van der Waals surface area (Å²) in [4.78, 5) is 4.65. The molecule has 2 unspecified atom stereocenters. The van der Waals surface area contributed by atoms with E-state index in [1.165, 1.54) is 6.42 Å². The van der Waals surface area contributed by atoms with Crippen LogP contribution in [0.25, 0.3) is 0 Å². The van der Waals surface area contributed by atoms with Crippen LogP contribution in [0.15, 0.2) is 0 Å². The second-order valence-corrected chi connectivity index (χ2v) is 4.46. The van der Waals surface area contributed by atoms with Gasteiger partial charge in [-0.1, -0.05) is 0 Å². The molecule has 0 aromatic heterocycles. The van der Waals surface area contributed by atoms with E-state index in [-0.39, 0.29) is 5.92 Å². The molecule has 14 heavy (non-hydrogen) atoms. The molecule has 1 aliphatic rings. The van der Waals surface area contributed by atoms with Crippen molar-refractivity contribution in [3.63, 3.8) is 0 Å². The van der Waals surface area contributed by atoms with Gasteiger partial charge >= 0.3 is 0 Å². The standard InChI is InChI=1S/C11H21N3/c1-10-11(9-12)5-8-14(10)7-4-6-13(2)3/h10-11H,4-8H2,1-3H3. The molecule has 0 aromatic rings. The number of nitrogens with zero attached hydrogens (tertiary/aromatic N) is 3. The van der Waals surface area contributed by atoms with Gasteiger partial charge in [-0.2, -0.15) is 5.26 Å². The first kappa shape index (κ1) is 11.5. The van der Waals surface area contributed by atoms with Gasteiger partial charge in [-0.05, 0) is 53.5 Å². The predicted octanol–water partition coefficient (Wildman–Crippen LogP) is 1.17. The van der Waals surface area contributed by atoms with E-state index in [4.69, 9.17) is 5.26 Å². The molecule has 3 nitrogen and oxygen atoms in total. The molecule has 1 rings (SSSR count). The van der Waals surface area contributed by atoms with E-state index in [1.54, 1.807) is 0 Å². The van der Waals surface area contributed by atoms with Crippen LogP contribution in [0.1, 0.15) is 19.8 Å². The van der Waals surface area contributed by atoms with E-state index < -0.39 is 0 Å². The molecule has 0 N–H and O–H groups in total. The van der Waals surface area contributed by atoms with Crippen LogP contribution < -0.4 is 0 Å². The lowest BCUT2D eigenvalue weighted by molar-refractivity contribution is 0.240. The molecule has 0 bridgehead atoms. The fourth-order valence-electron chi connectivity index (χ4n) is 2.08. The maximum atomic E-state index is 8.88. The Morgan fingerprint density at radius 1 is 1.50 bits per heavy atom. The van der Waals surface area contributed by atoms with Gasteiger partial charge in [-0.15, -0.1) is 0 Å². The Labute approximate surface area is 87.3 Å². The SMILES string of the molecule is CC1C(C#N)CCN1CCCN(C)C. The highest BCUT2D eigenvalue weighted by Crippen LogP contribution is 2.22. The van der Waals surface area contributed by atoms with Crippen molar-refractivity contribution >= 4 is 0 Å². The van der Waals surface area contributed by atoms with Gasteiger partial charge in [0.15, 0.2) is 0 Å². The molecule has 80 valence electrons. The van der Waals surface area contributed by atoms with Gasteiger partial charge in [0, 0.05) is 6.04 Å². The largest absolute Gasteiger partial charge is 0.309 e. The normalized spacial score (nSPS) is 28.2. The monoisotopic (exact) mass is 195 g/mol. The Bertz CT molecular complexity index is 207. The van der Waals surface area contributed by atoms with Crippen LogP contribution in [0.5, 0.6) is 0 Å². The lowest BCUT2D eigenvalue weighted by atomic mass is 10.0. The first-order valence-corrected chi connectivity index (χ1v) is 5.43. The molecule has 0 aromatic carbocycles. The minimum atomic E-state index is 0.259. The molecule has 1 heterocycles. The fourth-order valence-corrected chi connectivity index (χ4v) is 2.08. The van der Waals surface area contributed by atoms with Gasteiger partial charge in [0.2, 0.25) is 0 Å². The molecule has 1 fully saturated rings. The highest BCUT2D eigenvalue weighted by atomic mass is 15.2. The Morgan fingerprint density at radius 2 is 2.21 bits per heavy atom. The van der Waals surface area contributed by atoms with Crippen LogP contribution in [0.2, 0.25) is 0 Å². The summed E-state index contributed by atoms with van der Waals surface area (Å²) in [6.45, 7) is 5.56. The van der Waals surface area contributed by atoms with Crippen LogP contribution >= 0.6 is 0 Å². The minimum Gasteiger partial charge on any atom is -0.309 e. The van der Waals surface area contributed by atoms with Crippen molar-refractivity contribution in [2.24, 2.45) is 5.92 Å².